The van der Waals surface area contributed by atoms with Gasteiger partial charge in [-0.05, 0) is 35.7 Å². The molecule has 1 unspecified atom stereocenters. The molecule has 1 nitrogen and oxygen atoms in total. The minimum atomic E-state index is 0.242. The maximum absolute atomic E-state index is 3.66. The molecule has 0 spiro atoms. The second-order valence-electron chi connectivity index (χ2n) is 5.00. The van der Waals surface area contributed by atoms with Crippen LogP contribution < -0.4 is 5.32 Å². The second-order valence-corrected chi connectivity index (χ2v) is 5.86. The summed E-state index contributed by atoms with van der Waals surface area (Å²) in [6.45, 7) is 5.31. The minimum Gasteiger partial charge on any atom is -0.306 e. The minimum absolute atomic E-state index is 0.242. The van der Waals surface area contributed by atoms with Crippen molar-refractivity contribution in [2.45, 2.75) is 32.7 Å². The molecule has 1 N–H and O–H groups in total. The van der Waals surface area contributed by atoms with Gasteiger partial charge in [-0.1, -0.05) is 78.7 Å². The molecular weight excluding hydrogens is 310 g/mol. The van der Waals surface area contributed by atoms with Crippen LogP contribution in [0, 0.1) is 0 Å². The van der Waals surface area contributed by atoms with Gasteiger partial charge in [0.25, 0.3) is 0 Å². The summed E-state index contributed by atoms with van der Waals surface area (Å²) >= 11 is 3.66. The fourth-order valence-electron chi connectivity index (χ4n) is 2.49. The number of hydrogen-bond acceptors (Lipinski definition) is 1. The molecule has 0 aliphatic rings. The maximum atomic E-state index is 3.66. The predicted molar refractivity (Wildman–Crippen MR) is 90.1 cm³/mol. The summed E-state index contributed by atoms with van der Waals surface area (Å²) in [7, 11) is 0. The molecule has 0 aromatic heterocycles. The zero-order chi connectivity index (χ0) is 14.4. The van der Waals surface area contributed by atoms with Crippen molar-refractivity contribution in [1.82, 2.24) is 5.32 Å². The van der Waals surface area contributed by atoms with E-state index in [-0.39, 0.29) is 6.04 Å². The molecule has 2 rings (SSSR count). The predicted octanol–water partition coefficient (Wildman–Crippen LogP) is 5.10. The van der Waals surface area contributed by atoms with Crippen LogP contribution in [-0.2, 0) is 6.42 Å². The number of nitrogens with one attached hydrogen (secondary N) is 1. The highest BCUT2D eigenvalue weighted by Crippen LogP contribution is 2.28. The first-order valence-electron chi connectivity index (χ1n) is 7.33. The molecule has 1 atom stereocenters. The van der Waals surface area contributed by atoms with Crippen LogP contribution in [0.1, 0.15) is 43.0 Å². The van der Waals surface area contributed by atoms with Gasteiger partial charge >= 0.3 is 0 Å². The molecule has 0 bridgehead atoms. The largest absolute Gasteiger partial charge is 0.306 e. The zero-order valence-corrected chi connectivity index (χ0v) is 13.8. The molecule has 2 heteroatoms. The first kappa shape index (κ1) is 15.3. The first-order chi connectivity index (χ1) is 9.76. The summed E-state index contributed by atoms with van der Waals surface area (Å²) in [6.07, 6.45) is 2.35. The highest BCUT2D eigenvalue weighted by Gasteiger charge is 2.15. The van der Waals surface area contributed by atoms with Crippen LogP contribution in [0.5, 0.6) is 0 Å². The lowest BCUT2D eigenvalue weighted by atomic mass is 9.97. The van der Waals surface area contributed by atoms with Crippen molar-refractivity contribution in [3.63, 3.8) is 0 Å². The number of hydrogen-bond donors (Lipinski definition) is 1. The van der Waals surface area contributed by atoms with Crippen molar-refractivity contribution >= 4 is 15.9 Å². The lowest BCUT2D eigenvalue weighted by Gasteiger charge is -2.20. The van der Waals surface area contributed by atoms with Crippen LogP contribution in [-0.4, -0.2) is 6.54 Å². The van der Waals surface area contributed by atoms with E-state index in [2.05, 4.69) is 83.6 Å². The highest BCUT2D eigenvalue weighted by atomic mass is 79.9. The monoisotopic (exact) mass is 331 g/mol. The van der Waals surface area contributed by atoms with Crippen molar-refractivity contribution in [2.24, 2.45) is 0 Å². The molecule has 0 radical (unpaired) electrons. The van der Waals surface area contributed by atoms with Gasteiger partial charge in [-0.25, -0.2) is 0 Å². The molecule has 2 aromatic carbocycles. The molecule has 0 aliphatic carbocycles. The molecule has 0 saturated heterocycles. The Hall–Kier alpha value is -1.12. The Balaban J connectivity index is 2.31. The maximum Gasteiger partial charge on any atom is 0.0587 e. The van der Waals surface area contributed by atoms with Crippen molar-refractivity contribution in [3.8, 4) is 0 Å². The summed E-state index contributed by atoms with van der Waals surface area (Å²) in [5, 5.41) is 3.58. The third-order valence-corrected chi connectivity index (χ3v) is 4.20. The summed E-state index contributed by atoms with van der Waals surface area (Å²) in [6, 6.07) is 17.7. The van der Waals surface area contributed by atoms with E-state index < -0.39 is 0 Å². The molecule has 2 aromatic rings. The van der Waals surface area contributed by atoms with Crippen molar-refractivity contribution in [1.29, 1.82) is 0 Å². The van der Waals surface area contributed by atoms with Gasteiger partial charge in [-0.3, -0.25) is 0 Å². The standard InChI is InChI=1S/C18H22BrN/c1-3-7-14-10-12-15(13-11-14)18(20-4-2)16-8-5-6-9-17(16)19/h5-6,8-13,18,20H,3-4,7H2,1-2H3. The summed E-state index contributed by atoms with van der Waals surface area (Å²) in [5.74, 6) is 0. The van der Waals surface area contributed by atoms with E-state index in [1.54, 1.807) is 0 Å². The van der Waals surface area contributed by atoms with E-state index in [9.17, 15) is 0 Å². The Labute approximate surface area is 130 Å². The lowest BCUT2D eigenvalue weighted by molar-refractivity contribution is 0.628. The Morgan fingerprint density at radius 3 is 2.30 bits per heavy atom. The molecular formula is C18H22BrN. The van der Waals surface area contributed by atoms with E-state index in [0.717, 1.165) is 17.4 Å². The van der Waals surface area contributed by atoms with Gasteiger partial charge in [0, 0.05) is 4.47 Å². The SMILES string of the molecule is CCCc1ccc(C(NCC)c2ccccc2Br)cc1. The van der Waals surface area contributed by atoms with Gasteiger partial charge in [-0.15, -0.1) is 0 Å². The molecule has 106 valence electrons. The smallest absolute Gasteiger partial charge is 0.0587 e. The average Bonchev–Trinajstić information content (AvgIpc) is 2.47. The summed E-state index contributed by atoms with van der Waals surface area (Å²) < 4.78 is 1.16. The van der Waals surface area contributed by atoms with E-state index in [1.165, 1.54) is 23.1 Å². The number of aryl methyl sites for hydroxylation is 1. The molecule has 0 amide bonds. The van der Waals surface area contributed by atoms with Crippen LogP contribution in [0.25, 0.3) is 0 Å². The van der Waals surface area contributed by atoms with Crippen LogP contribution in [0.15, 0.2) is 53.0 Å². The second kappa shape index (κ2) is 7.61. The molecule has 0 saturated carbocycles. The Morgan fingerprint density at radius 2 is 1.70 bits per heavy atom. The Kier molecular flexibility index (Phi) is 5.81. The zero-order valence-electron chi connectivity index (χ0n) is 12.2. The van der Waals surface area contributed by atoms with E-state index in [1.807, 2.05) is 0 Å². The molecule has 0 aliphatic heterocycles. The van der Waals surface area contributed by atoms with Gasteiger partial charge in [0.15, 0.2) is 0 Å². The fourth-order valence-corrected chi connectivity index (χ4v) is 3.00. The number of halogens is 1. The third kappa shape index (κ3) is 3.71. The van der Waals surface area contributed by atoms with E-state index >= 15 is 0 Å². The average molecular weight is 332 g/mol. The van der Waals surface area contributed by atoms with Crippen LogP contribution >= 0.6 is 15.9 Å². The van der Waals surface area contributed by atoms with Gasteiger partial charge in [0.2, 0.25) is 0 Å². The van der Waals surface area contributed by atoms with Gasteiger partial charge in [0.1, 0.15) is 0 Å². The van der Waals surface area contributed by atoms with Gasteiger partial charge in [0.05, 0.1) is 6.04 Å². The molecule has 0 fully saturated rings. The van der Waals surface area contributed by atoms with Crippen molar-refractivity contribution in [2.75, 3.05) is 6.54 Å². The van der Waals surface area contributed by atoms with Crippen molar-refractivity contribution < 1.29 is 0 Å². The quantitative estimate of drug-likeness (QED) is 0.776. The van der Waals surface area contributed by atoms with Crippen LogP contribution in [0.4, 0.5) is 0 Å². The Bertz CT molecular complexity index is 533. The fraction of sp³-hybridized carbons (Fsp3) is 0.333. The number of rotatable bonds is 6. The number of benzene rings is 2. The first-order valence-corrected chi connectivity index (χ1v) is 8.12. The van der Waals surface area contributed by atoms with Crippen molar-refractivity contribution in [3.05, 3.63) is 69.7 Å². The molecule has 0 heterocycles. The topological polar surface area (TPSA) is 12.0 Å². The normalized spacial score (nSPS) is 12.3. The summed E-state index contributed by atoms with van der Waals surface area (Å²) in [4.78, 5) is 0. The third-order valence-electron chi connectivity index (χ3n) is 3.48. The summed E-state index contributed by atoms with van der Waals surface area (Å²) in [5.41, 5.74) is 4.02. The van der Waals surface area contributed by atoms with Gasteiger partial charge < -0.3 is 5.32 Å². The highest BCUT2D eigenvalue weighted by molar-refractivity contribution is 9.10. The van der Waals surface area contributed by atoms with E-state index in [0.29, 0.717) is 0 Å². The van der Waals surface area contributed by atoms with Crippen LogP contribution in [0.3, 0.4) is 0 Å². The lowest BCUT2D eigenvalue weighted by Crippen LogP contribution is -2.22. The van der Waals surface area contributed by atoms with Gasteiger partial charge in [-0.2, -0.15) is 0 Å². The Morgan fingerprint density at radius 1 is 1.00 bits per heavy atom. The van der Waals surface area contributed by atoms with E-state index in [4.69, 9.17) is 0 Å². The molecule has 20 heavy (non-hydrogen) atoms. The van der Waals surface area contributed by atoms with Crippen LogP contribution in [0.2, 0.25) is 0 Å².